The van der Waals surface area contributed by atoms with Crippen molar-refractivity contribution < 1.29 is 28.6 Å². The summed E-state index contributed by atoms with van der Waals surface area (Å²) in [6.07, 6.45) is 1.79. The van der Waals surface area contributed by atoms with E-state index in [0.717, 1.165) is 5.57 Å². The predicted octanol–water partition coefficient (Wildman–Crippen LogP) is 1.20. The van der Waals surface area contributed by atoms with Crippen LogP contribution in [0.25, 0.3) is 0 Å². The van der Waals surface area contributed by atoms with E-state index < -0.39 is 29.4 Å². The highest BCUT2D eigenvalue weighted by atomic mass is 16.6. The number of Topliss-reactive ketones (excluding diaryl/α,β-unsaturated/α-hetero) is 1. The molecule has 1 spiro atoms. The molecular weight excluding hydrogens is 300 g/mol. The number of carbonyl (C=O) groups is 3. The lowest BCUT2D eigenvalue weighted by Gasteiger charge is -2.44. The van der Waals surface area contributed by atoms with E-state index >= 15 is 0 Å². The normalized spacial score (nSPS) is 32.0. The summed E-state index contributed by atoms with van der Waals surface area (Å²) in [5.74, 6) is -2.88. The average Bonchev–Trinajstić information content (AvgIpc) is 3.29. The van der Waals surface area contributed by atoms with E-state index in [4.69, 9.17) is 14.2 Å². The van der Waals surface area contributed by atoms with Crippen LogP contribution in [0.1, 0.15) is 20.8 Å². The number of hydrogen-bond donors (Lipinski definition) is 0. The minimum atomic E-state index is -1.02. The lowest BCUT2D eigenvalue weighted by atomic mass is 9.57. The number of ketones is 1. The van der Waals surface area contributed by atoms with Gasteiger partial charge in [-0.25, -0.2) is 9.59 Å². The highest BCUT2D eigenvalue weighted by Crippen LogP contribution is 2.58. The average molecular weight is 320 g/mol. The molecule has 124 valence electrons. The second kappa shape index (κ2) is 4.77. The third-order valence-corrected chi connectivity index (χ3v) is 4.84. The van der Waals surface area contributed by atoms with Crippen molar-refractivity contribution in [3.8, 4) is 0 Å². The molecule has 2 bridgehead atoms. The quantitative estimate of drug-likeness (QED) is 0.432. The van der Waals surface area contributed by atoms with Gasteiger partial charge in [-0.1, -0.05) is 32.4 Å². The van der Waals surface area contributed by atoms with Crippen LogP contribution in [0.3, 0.4) is 0 Å². The zero-order chi connectivity index (χ0) is 17.2. The second-order valence-corrected chi connectivity index (χ2v) is 7.14. The van der Waals surface area contributed by atoms with Crippen molar-refractivity contribution in [2.24, 2.45) is 17.3 Å². The number of allylic oxidation sites excluding steroid dienone is 1. The van der Waals surface area contributed by atoms with Gasteiger partial charge in [0, 0.05) is 0 Å². The predicted molar refractivity (Wildman–Crippen MR) is 79.3 cm³/mol. The molecule has 0 amide bonds. The Labute approximate surface area is 134 Å². The van der Waals surface area contributed by atoms with Gasteiger partial charge in [-0.2, -0.15) is 0 Å². The standard InChI is InChI=1S/C17H20O6/c1-16(2,3)9-6-8-10(14(19)21-4)11(15(20)22-5)12(9)17(7-23-17)13(8)18/h6,8,12H,7H2,1-5H3/t8-,12+,17+/m0/s1. The molecule has 1 heterocycles. The Balaban J connectivity index is 2.26. The van der Waals surface area contributed by atoms with E-state index in [-0.39, 0.29) is 29.0 Å². The van der Waals surface area contributed by atoms with Crippen molar-refractivity contribution in [3.63, 3.8) is 0 Å². The second-order valence-electron chi connectivity index (χ2n) is 7.14. The summed E-state index contributed by atoms with van der Waals surface area (Å²) in [5.41, 5.74) is -0.0861. The maximum atomic E-state index is 12.8. The Kier molecular flexibility index (Phi) is 3.30. The molecule has 0 N–H and O–H groups in total. The molecule has 4 aliphatic rings. The summed E-state index contributed by atoms with van der Waals surface area (Å²) >= 11 is 0. The van der Waals surface area contributed by atoms with E-state index in [1.54, 1.807) is 6.08 Å². The van der Waals surface area contributed by atoms with E-state index in [1.807, 2.05) is 20.8 Å². The summed E-state index contributed by atoms with van der Waals surface area (Å²) in [5, 5.41) is 0. The molecule has 6 nitrogen and oxygen atoms in total. The molecule has 3 atom stereocenters. The van der Waals surface area contributed by atoms with Crippen LogP contribution in [-0.2, 0) is 28.6 Å². The molecule has 0 aromatic carbocycles. The molecule has 3 aliphatic carbocycles. The van der Waals surface area contributed by atoms with Gasteiger partial charge in [0.25, 0.3) is 0 Å². The van der Waals surface area contributed by atoms with Crippen LogP contribution < -0.4 is 0 Å². The van der Waals surface area contributed by atoms with Crippen LogP contribution >= 0.6 is 0 Å². The fraction of sp³-hybridized carbons (Fsp3) is 0.588. The monoisotopic (exact) mass is 320 g/mol. The zero-order valence-corrected chi connectivity index (χ0v) is 13.9. The summed E-state index contributed by atoms with van der Waals surface area (Å²) in [7, 11) is 2.49. The molecule has 23 heavy (non-hydrogen) atoms. The first-order valence-electron chi connectivity index (χ1n) is 7.50. The molecule has 1 saturated heterocycles. The van der Waals surface area contributed by atoms with Gasteiger partial charge >= 0.3 is 11.9 Å². The van der Waals surface area contributed by atoms with Gasteiger partial charge in [0.1, 0.15) is 0 Å². The summed E-state index contributed by atoms with van der Waals surface area (Å²) < 4.78 is 15.2. The van der Waals surface area contributed by atoms with Crippen LogP contribution in [0.4, 0.5) is 0 Å². The molecule has 0 aromatic heterocycles. The highest BCUT2D eigenvalue weighted by molar-refractivity contribution is 6.13. The Bertz CT molecular complexity index is 672. The number of ether oxygens (including phenoxy) is 3. The summed E-state index contributed by atoms with van der Waals surface area (Å²) in [4.78, 5) is 37.4. The topological polar surface area (TPSA) is 82.2 Å². The van der Waals surface area contributed by atoms with Crippen molar-refractivity contribution in [2.75, 3.05) is 20.8 Å². The Morgan fingerprint density at radius 2 is 1.70 bits per heavy atom. The van der Waals surface area contributed by atoms with Crippen LogP contribution in [-0.4, -0.2) is 44.1 Å². The minimum Gasteiger partial charge on any atom is -0.466 e. The van der Waals surface area contributed by atoms with Crippen molar-refractivity contribution >= 4 is 17.7 Å². The Morgan fingerprint density at radius 3 is 2.13 bits per heavy atom. The number of carbonyl (C=O) groups excluding carboxylic acids is 3. The van der Waals surface area contributed by atoms with Crippen LogP contribution in [0.15, 0.2) is 22.8 Å². The summed E-state index contributed by atoms with van der Waals surface area (Å²) in [6.45, 7) is 6.28. The molecule has 0 unspecified atom stereocenters. The largest absolute Gasteiger partial charge is 0.466 e. The molecule has 6 heteroatoms. The van der Waals surface area contributed by atoms with Crippen LogP contribution in [0, 0.1) is 17.3 Å². The van der Waals surface area contributed by atoms with Gasteiger partial charge in [-0.3, -0.25) is 4.79 Å². The fourth-order valence-corrected chi connectivity index (χ4v) is 3.69. The van der Waals surface area contributed by atoms with E-state index in [1.165, 1.54) is 14.2 Å². The number of rotatable bonds is 2. The van der Waals surface area contributed by atoms with E-state index in [0.29, 0.717) is 0 Å². The first-order valence-corrected chi connectivity index (χ1v) is 7.50. The molecule has 1 fully saturated rings. The maximum absolute atomic E-state index is 12.8. The van der Waals surface area contributed by atoms with Gasteiger partial charge in [-0.05, 0) is 5.41 Å². The van der Waals surface area contributed by atoms with Crippen molar-refractivity contribution in [3.05, 3.63) is 22.8 Å². The van der Waals surface area contributed by atoms with Crippen LogP contribution in [0.2, 0.25) is 0 Å². The number of esters is 2. The van der Waals surface area contributed by atoms with E-state index in [9.17, 15) is 14.4 Å². The molecule has 0 saturated carbocycles. The van der Waals surface area contributed by atoms with Gasteiger partial charge in [0.15, 0.2) is 11.4 Å². The SMILES string of the molecule is COC(=O)C1=C(C(=O)OC)[C@H]2C(C(C)(C)C)=C[C@@H]1C(=O)[C@@]21CO1. The zero-order valence-electron chi connectivity index (χ0n) is 13.9. The van der Waals surface area contributed by atoms with E-state index in [2.05, 4.69) is 0 Å². The van der Waals surface area contributed by atoms with Crippen molar-refractivity contribution in [1.29, 1.82) is 0 Å². The molecule has 1 aliphatic heterocycles. The minimum absolute atomic E-state index is 0.0866. The van der Waals surface area contributed by atoms with Crippen molar-refractivity contribution in [1.82, 2.24) is 0 Å². The van der Waals surface area contributed by atoms with Gasteiger partial charge < -0.3 is 14.2 Å². The summed E-state index contributed by atoms with van der Waals surface area (Å²) in [6, 6.07) is 0. The third-order valence-electron chi connectivity index (χ3n) is 4.84. The number of epoxide rings is 1. The first-order chi connectivity index (χ1) is 10.7. The Morgan fingerprint density at radius 1 is 1.17 bits per heavy atom. The molecular formula is C17H20O6. The maximum Gasteiger partial charge on any atom is 0.335 e. The van der Waals surface area contributed by atoms with Crippen LogP contribution in [0.5, 0.6) is 0 Å². The lowest BCUT2D eigenvalue weighted by molar-refractivity contribution is -0.143. The van der Waals surface area contributed by atoms with Gasteiger partial charge in [0.2, 0.25) is 0 Å². The smallest absolute Gasteiger partial charge is 0.335 e. The number of methoxy groups -OCH3 is 2. The van der Waals surface area contributed by atoms with Gasteiger partial charge in [-0.15, -0.1) is 0 Å². The number of hydrogen-bond acceptors (Lipinski definition) is 6. The first kappa shape index (κ1) is 15.9. The fourth-order valence-electron chi connectivity index (χ4n) is 3.69. The lowest BCUT2D eigenvalue weighted by Crippen LogP contribution is -2.53. The van der Waals surface area contributed by atoms with Gasteiger partial charge in [0.05, 0.1) is 43.8 Å². The van der Waals surface area contributed by atoms with Crippen molar-refractivity contribution in [2.45, 2.75) is 26.4 Å². The molecule has 0 radical (unpaired) electrons. The molecule has 4 rings (SSSR count). The Hall–Kier alpha value is -1.95. The molecule has 0 aromatic rings. The third kappa shape index (κ3) is 2.01. The highest BCUT2D eigenvalue weighted by Gasteiger charge is 2.69.